The van der Waals surface area contributed by atoms with Crippen LogP contribution in [0, 0.1) is 0 Å². The number of ether oxygens (including phenoxy) is 1. The van der Waals surface area contributed by atoms with Crippen LogP contribution >= 0.6 is 0 Å². The molecule has 25 heavy (non-hydrogen) atoms. The van der Waals surface area contributed by atoms with Crippen molar-refractivity contribution in [2.45, 2.75) is 6.18 Å². The Morgan fingerprint density at radius 3 is 2.56 bits per heavy atom. The molecular weight excluding hydrogens is 335 g/mol. The van der Waals surface area contributed by atoms with E-state index in [9.17, 15) is 18.0 Å². The Kier molecular flexibility index (Phi) is 4.51. The first-order chi connectivity index (χ1) is 11.9. The van der Waals surface area contributed by atoms with Gasteiger partial charge in [-0.2, -0.15) is 13.2 Å². The summed E-state index contributed by atoms with van der Waals surface area (Å²) in [6.07, 6.45) is -3.28. The van der Waals surface area contributed by atoms with E-state index in [2.05, 4.69) is 15.3 Å². The van der Waals surface area contributed by atoms with Gasteiger partial charge in [0.05, 0.1) is 22.2 Å². The second-order valence-corrected chi connectivity index (χ2v) is 5.08. The van der Waals surface area contributed by atoms with Crippen molar-refractivity contribution in [2.24, 2.45) is 0 Å². The third kappa shape index (κ3) is 3.85. The number of benzene rings is 2. The Morgan fingerprint density at radius 2 is 1.76 bits per heavy atom. The van der Waals surface area contributed by atoms with Crippen LogP contribution in [0.2, 0.25) is 0 Å². The van der Waals surface area contributed by atoms with Gasteiger partial charge in [0.25, 0.3) is 5.91 Å². The smallest absolute Gasteiger partial charge is 0.418 e. The predicted octanol–water partition coefficient (Wildman–Crippen LogP) is 3.67. The highest BCUT2D eigenvalue weighted by molar-refractivity contribution is 5.93. The van der Waals surface area contributed by atoms with Gasteiger partial charge >= 0.3 is 6.18 Å². The highest BCUT2D eigenvalue weighted by atomic mass is 19.4. The fraction of sp³-hybridized carbons (Fsp3) is 0.118. The average Bonchev–Trinajstić information content (AvgIpc) is 2.59. The van der Waals surface area contributed by atoms with E-state index >= 15 is 0 Å². The molecule has 5 nitrogen and oxygen atoms in total. The number of para-hydroxylation sites is 2. The number of anilines is 1. The van der Waals surface area contributed by atoms with Crippen molar-refractivity contribution in [2.75, 3.05) is 11.9 Å². The lowest BCUT2D eigenvalue weighted by Crippen LogP contribution is -2.22. The molecule has 0 fully saturated rings. The van der Waals surface area contributed by atoms with Crippen LogP contribution in [-0.4, -0.2) is 22.5 Å². The molecule has 0 aliphatic rings. The molecule has 1 aromatic heterocycles. The average molecular weight is 347 g/mol. The molecule has 3 rings (SSSR count). The largest absolute Gasteiger partial charge is 0.467 e. The molecule has 0 aliphatic carbocycles. The van der Waals surface area contributed by atoms with Gasteiger partial charge in [-0.15, -0.1) is 0 Å². The van der Waals surface area contributed by atoms with Crippen LogP contribution in [0.15, 0.2) is 54.9 Å². The van der Waals surface area contributed by atoms with E-state index in [0.717, 1.165) is 6.07 Å². The van der Waals surface area contributed by atoms with Crippen molar-refractivity contribution in [1.82, 2.24) is 9.97 Å². The number of fused-ring (bicyclic) bond motifs is 1. The number of nitrogens with one attached hydrogen (secondary N) is 1. The van der Waals surface area contributed by atoms with Gasteiger partial charge in [0, 0.05) is 0 Å². The minimum atomic E-state index is -4.56. The lowest BCUT2D eigenvalue weighted by molar-refractivity contribution is -0.137. The third-order valence-corrected chi connectivity index (χ3v) is 3.35. The number of rotatable bonds is 4. The van der Waals surface area contributed by atoms with Crippen molar-refractivity contribution in [3.8, 4) is 5.88 Å². The normalized spacial score (nSPS) is 11.3. The maximum atomic E-state index is 12.9. The number of hydrogen-bond donors (Lipinski definition) is 1. The molecule has 0 aliphatic heterocycles. The van der Waals surface area contributed by atoms with Crippen LogP contribution in [0.4, 0.5) is 18.9 Å². The van der Waals surface area contributed by atoms with Crippen LogP contribution in [0.25, 0.3) is 10.9 Å². The zero-order chi connectivity index (χ0) is 17.9. The standard InChI is InChI=1S/C17H12F3N3O2/c18-17(19,20)12-6-2-4-8-14(12)23-15(24)9-25-16-11-5-1-3-7-13(11)21-10-22-16/h1-8,10H,9H2,(H,23,24). The zero-order valence-corrected chi connectivity index (χ0v) is 12.7. The van der Waals surface area contributed by atoms with E-state index in [1.54, 1.807) is 24.3 Å². The molecule has 3 aromatic rings. The van der Waals surface area contributed by atoms with Gasteiger partial charge in [-0.1, -0.05) is 24.3 Å². The molecular formula is C17H12F3N3O2. The molecule has 0 bridgehead atoms. The summed E-state index contributed by atoms with van der Waals surface area (Å²) in [4.78, 5) is 20.0. The molecule has 0 radical (unpaired) electrons. The van der Waals surface area contributed by atoms with E-state index in [-0.39, 0.29) is 11.6 Å². The first-order valence-corrected chi connectivity index (χ1v) is 7.24. The number of carbonyl (C=O) groups excluding carboxylic acids is 1. The molecule has 0 saturated carbocycles. The summed E-state index contributed by atoms with van der Waals surface area (Å²) >= 11 is 0. The number of alkyl halides is 3. The SMILES string of the molecule is O=C(COc1ncnc2ccccc12)Nc1ccccc1C(F)(F)F. The minimum Gasteiger partial charge on any atom is -0.467 e. The third-order valence-electron chi connectivity index (χ3n) is 3.35. The molecule has 128 valence electrons. The van der Waals surface area contributed by atoms with Crippen LogP contribution in [0.5, 0.6) is 5.88 Å². The molecule has 1 N–H and O–H groups in total. The first-order valence-electron chi connectivity index (χ1n) is 7.24. The Labute approximate surface area is 140 Å². The Hall–Kier alpha value is -3.16. The van der Waals surface area contributed by atoms with Gasteiger partial charge in [0.2, 0.25) is 5.88 Å². The fourth-order valence-electron chi connectivity index (χ4n) is 2.25. The van der Waals surface area contributed by atoms with Crippen LogP contribution in [-0.2, 0) is 11.0 Å². The van der Waals surface area contributed by atoms with Crippen LogP contribution in [0.1, 0.15) is 5.56 Å². The first kappa shape index (κ1) is 16.7. The molecule has 8 heteroatoms. The maximum Gasteiger partial charge on any atom is 0.418 e. The number of aromatic nitrogens is 2. The van der Waals surface area contributed by atoms with Crippen molar-refractivity contribution >= 4 is 22.5 Å². The summed E-state index contributed by atoms with van der Waals surface area (Å²) in [6, 6.07) is 11.8. The summed E-state index contributed by atoms with van der Waals surface area (Å²) < 4.78 is 44.1. The summed E-state index contributed by atoms with van der Waals surface area (Å²) in [5, 5.41) is 2.81. The molecule has 2 aromatic carbocycles. The van der Waals surface area contributed by atoms with Crippen LogP contribution < -0.4 is 10.1 Å². The van der Waals surface area contributed by atoms with E-state index in [1.807, 2.05) is 0 Å². The quantitative estimate of drug-likeness (QED) is 0.782. The Bertz CT molecular complexity index is 908. The molecule has 1 heterocycles. The molecule has 0 unspecified atom stereocenters. The van der Waals surface area contributed by atoms with Crippen molar-refractivity contribution in [3.05, 3.63) is 60.4 Å². The number of amides is 1. The minimum absolute atomic E-state index is 0.185. The summed E-state index contributed by atoms with van der Waals surface area (Å²) in [5.74, 6) is -0.538. The van der Waals surface area contributed by atoms with Gasteiger partial charge < -0.3 is 10.1 Å². The van der Waals surface area contributed by atoms with E-state index in [0.29, 0.717) is 10.9 Å². The van der Waals surface area contributed by atoms with Gasteiger partial charge in [-0.25, -0.2) is 9.97 Å². The molecule has 0 atom stereocenters. The summed E-state index contributed by atoms with van der Waals surface area (Å²) in [7, 11) is 0. The topological polar surface area (TPSA) is 64.1 Å². The van der Waals surface area contributed by atoms with E-state index in [4.69, 9.17) is 4.74 Å². The van der Waals surface area contributed by atoms with Crippen LogP contribution in [0.3, 0.4) is 0 Å². The summed E-state index contributed by atoms with van der Waals surface area (Å²) in [6.45, 7) is -0.479. The number of carbonyl (C=O) groups is 1. The van der Waals surface area contributed by atoms with Crippen molar-refractivity contribution in [1.29, 1.82) is 0 Å². The Balaban J connectivity index is 1.72. The van der Waals surface area contributed by atoms with Crippen molar-refractivity contribution in [3.63, 3.8) is 0 Å². The van der Waals surface area contributed by atoms with E-state index < -0.39 is 24.3 Å². The maximum absolute atomic E-state index is 12.9. The lowest BCUT2D eigenvalue weighted by atomic mass is 10.1. The lowest BCUT2D eigenvalue weighted by Gasteiger charge is -2.13. The molecule has 0 spiro atoms. The number of hydrogen-bond acceptors (Lipinski definition) is 4. The monoisotopic (exact) mass is 347 g/mol. The second-order valence-electron chi connectivity index (χ2n) is 5.08. The van der Waals surface area contributed by atoms with Gasteiger partial charge in [0.15, 0.2) is 6.61 Å². The van der Waals surface area contributed by atoms with Crippen molar-refractivity contribution < 1.29 is 22.7 Å². The van der Waals surface area contributed by atoms with Gasteiger partial charge in [-0.3, -0.25) is 4.79 Å². The highest BCUT2D eigenvalue weighted by Gasteiger charge is 2.33. The summed E-state index contributed by atoms with van der Waals surface area (Å²) in [5.41, 5.74) is -0.609. The van der Waals surface area contributed by atoms with E-state index in [1.165, 1.54) is 24.5 Å². The predicted molar refractivity (Wildman–Crippen MR) is 85.1 cm³/mol. The Morgan fingerprint density at radius 1 is 1.04 bits per heavy atom. The zero-order valence-electron chi connectivity index (χ0n) is 12.7. The fourth-order valence-corrected chi connectivity index (χ4v) is 2.25. The van der Waals surface area contributed by atoms with Gasteiger partial charge in [0.1, 0.15) is 6.33 Å². The highest BCUT2D eigenvalue weighted by Crippen LogP contribution is 2.34. The molecule has 1 amide bonds. The second kappa shape index (κ2) is 6.76. The number of nitrogens with zero attached hydrogens (tertiary/aromatic N) is 2. The number of halogens is 3. The molecule has 0 saturated heterocycles. The van der Waals surface area contributed by atoms with Gasteiger partial charge in [-0.05, 0) is 24.3 Å².